The molecule has 4 aromatic rings. The van der Waals surface area contributed by atoms with E-state index in [1.165, 1.54) is 4.80 Å². The van der Waals surface area contributed by atoms with Crippen molar-refractivity contribution in [1.29, 1.82) is 0 Å². The molecule has 7 nitrogen and oxygen atoms in total. The van der Waals surface area contributed by atoms with Crippen molar-refractivity contribution in [2.24, 2.45) is 0 Å². The molecule has 1 saturated heterocycles. The van der Waals surface area contributed by atoms with Crippen LogP contribution in [0, 0.1) is 6.92 Å². The van der Waals surface area contributed by atoms with Crippen molar-refractivity contribution >= 4 is 44.2 Å². The van der Waals surface area contributed by atoms with Gasteiger partial charge >= 0.3 is 0 Å². The van der Waals surface area contributed by atoms with E-state index in [2.05, 4.69) is 22.0 Å². The number of aryl methyl sites for hydroxylation is 1. The Labute approximate surface area is 195 Å². The average Bonchev–Trinajstić information content (AvgIpc) is 3.42. The highest BCUT2D eigenvalue weighted by atomic mass is 35.5. The summed E-state index contributed by atoms with van der Waals surface area (Å²) in [5, 5.41) is 10.1. The van der Waals surface area contributed by atoms with E-state index in [-0.39, 0.29) is 11.9 Å². The van der Waals surface area contributed by atoms with Gasteiger partial charge in [-0.05, 0) is 44.5 Å². The van der Waals surface area contributed by atoms with E-state index < -0.39 is 0 Å². The van der Waals surface area contributed by atoms with Crippen molar-refractivity contribution in [3.05, 3.63) is 64.9 Å². The summed E-state index contributed by atoms with van der Waals surface area (Å²) in [6.07, 6.45) is 4.09. The van der Waals surface area contributed by atoms with Crippen LogP contribution >= 0.6 is 22.9 Å². The van der Waals surface area contributed by atoms with E-state index in [1.807, 2.05) is 48.2 Å². The Bertz CT molecular complexity index is 1270. The largest absolute Gasteiger partial charge is 0.346 e. The van der Waals surface area contributed by atoms with Crippen LogP contribution in [0.4, 0.5) is 5.13 Å². The Balaban J connectivity index is 1.42. The van der Waals surface area contributed by atoms with Gasteiger partial charge in [0.2, 0.25) is 0 Å². The molecule has 0 aliphatic carbocycles. The van der Waals surface area contributed by atoms with Gasteiger partial charge < -0.3 is 9.80 Å². The summed E-state index contributed by atoms with van der Waals surface area (Å²) in [6.45, 7) is 6.32. The molecule has 5 rings (SSSR count). The van der Waals surface area contributed by atoms with Gasteiger partial charge in [-0.2, -0.15) is 15.0 Å². The molecule has 1 amide bonds. The maximum Gasteiger partial charge on any atom is 0.256 e. The summed E-state index contributed by atoms with van der Waals surface area (Å²) in [5.41, 5.74) is 3.18. The highest BCUT2D eigenvalue weighted by molar-refractivity contribution is 7.22. The summed E-state index contributed by atoms with van der Waals surface area (Å²) < 4.78 is 1.08. The first kappa shape index (κ1) is 20.9. The average molecular weight is 467 g/mol. The van der Waals surface area contributed by atoms with Crippen molar-refractivity contribution in [1.82, 2.24) is 24.9 Å². The number of nitrogens with zero attached hydrogens (tertiary/aromatic N) is 6. The first-order valence-electron chi connectivity index (χ1n) is 10.6. The molecule has 1 fully saturated rings. The van der Waals surface area contributed by atoms with Crippen LogP contribution < -0.4 is 4.90 Å². The number of carbonyl (C=O) groups excluding carboxylic acids is 1. The summed E-state index contributed by atoms with van der Waals surface area (Å²) >= 11 is 7.98. The van der Waals surface area contributed by atoms with Crippen molar-refractivity contribution in [2.45, 2.75) is 26.3 Å². The monoisotopic (exact) mass is 466 g/mol. The van der Waals surface area contributed by atoms with Gasteiger partial charge in [-0.15, -0.1) is 0 Å². The first-order valence-corrected chi connectivity index (χ1v) is 11.8. The first-order chi connectivity index (χ1) is 15.5. The van der Waals surface area contributed by atoms with Gasteiger partial charge in [0.25, 0.3) is 5.91 Å². The fraction of sp³-hybridized carbons (Fsp3) is 0.304. The molecule has 0 unspecified atom stereocenters. The molecule has 1 atom stereocenters. The van der Waals surface area contributed by atoms with Crippen LogP contribution in [-0.4, -0.2) is 56.5 Å². The van der Waals surface area contributed by atoms with E-state index in [1.54, 1.807) is 23.7 Å². The second-order valence-electron chi connectivity index (χ2n) is 8.07. The second kappa shape index (κ2) is 8.52. The van der Waals surface area contributed by atoms with Crippen LogP contribution in [0.5, 0.6) is 0 Å². The molecule has 9 heteroatoms. The molecule has 0 radical (unpaired) electrons. The predicted molar refractivity (Wildman–Crippen MR) is 128 cm³/mol. The number of fused-ring (bicyclic) bond motifs is 1. The zero-order valence-corrected chi connectivity index (χ0v) is 19.5. The van der Waals surface area contributed by atoms with Crippen molar-refractivity contribution in [3.8, 4) is 5.69 Å². The smallest absolute Gasteiger partial charge is 0.256 e. The second-order valence-corrected chi connectivity index (χ2v) is 9.49. The Hall–Kier alpha value is -2.97. The van der Waals surface area contributed by atoms with Gasteiger partial charge in [0.1, 0.15) is 5.52 Å². The summed E-state index contributed by atoms with van der Waals surface area (Å²) in [6, 6.07) is 11.7. The SMILES string of the molecule is Cc1ccc(-n2nccn2)c(C(=O)N2CCCN(c3nc4c(Cl)cccc4s3)C[C@@H]2C)c1. The molecule has 1 aliphatic heterocycles. The van der Waals surface area contributed by atoms with Crippen LogP contribution in [0.25, 0.3) is 15.9 Å². The number of hydrogen-bond donors (Lipinski definition) is 0. The minimum atomic E-state index is 0.00249. The molecular weight excluding hydrogens is 444 g/mol. The lowest BCUT2D eigenvalue weighted by Gasteiger charge is -2.29. The molecule has 0 N–H and O–H groups in total. The lowest BCUT2D eigenvalue weighted by molar-refractivity contribution is 0.0708. The van der Waals surface area contributed by atoms with Crippen molar-refractivity contribution in [2.75, 3.05) is 24.5 Å². The molecular formula is C23H23ClN6OS. The zero-order chi connectivity index (χ0) is 22.2. The van der Waals surface area contributed by atoms with Gasteiger partial charge in [0.15, 0.2) is 5.13 Å². The minimum Gasteiger partial charge on any atom is -0.346 e. The maximum absolute atomic E-state index is 13.7. The zero-order valence-electron chi connectivity index (χ0n) is 17.9. The molecule has 2 aromatic carbocycles. The van der Waals surface area contributed by atoms with Gasteiger partial charge in [0.05, 0.1) is 33.4 Å². The Morgan fingerprint density at radius 2 is 1.97 bits per heavy atom. The van der Waals surface area contributed by atoms with E-state index >= 15 is 0 Å². The molecule has 0 spiro atoms. The van der Waals surface area contributed by atoms with E-state index in [9.17, 15) is 4.79 Å². The number of amides is 1. The van der Waals surface area contributed by atoms with E-state index in [0.717, 1.165) is 33.9 Å². The van der Waals surface area contributed by atoms with Gasteiger partial charge in [0, 0.05) is 25.7 Å². The van der Waals surface area contributed by atoms with E-state index in [4.69, 9.17) is 16.6 Å². The fourth-order valence-corrected chi connectivity index (χ4v) is 5.47. The van der Waals surface area contributed by atoms with Gasteiger partial charge in [-0.3, -0.25) is 4.79 Å². The fourth-order valence-electron chi connectivity index (χ4n) is 4.17. The quantitative estimate of drug-likeness (QED) is 0.442. The molecule has 164 valence electrons. The number of thiazole rings is 1. The normalized spacial score (nSPS) is 17.0. The summed E-state index contributed by atoms with van der Waals surface area (Å²) in [5.74, 6) is 0.00249. The third kappa shape index (κ3) is 3.84. The minimum absolute atomic E-state index is 0.00249. The summed E-state index contributed by atoms with van der Waals surface area (Å²) in [4.78, 5) is 24.2. The number of carbonyl (C=O) groups is 1. The van der Waals surface area contributed by atoms with Crippen LogP contribution in [0.1, 0.15) is 29.3 Å². The molecule has 32 heavy (non-hydrogen) atoms. The molecule has 0 bridgehead atoms. The Morgan fingerprint density at radius 3 is 2.75 bits per heavy atom. The lowest BCUT2D eigenvalue weighted by Crippen LogP contribution is -2.43. The van der Waals surface area contributed by atoms with Crippen LogP contribution in [0.2, 0.25) is 5.02 Å². The number of para-hydroxylation sites is 1. The molecule has 2 aromatic heterocycles. The topological polar surface area (TPSA) is 67.2 Å². The van der Waals surface area contributed by atoms with Crippen LogP contribution in [0.15, 0.2) is 48.8 Å². The predicted octanol–water partition coefficient (Wildman–Crippen LogP) is 4.58. The number of rotatable bonds is 3. The van der Waals surface area contributed by atoms with Crippen LogP contribution in [-0.2, 0) is 0 Å². The molecule has 1 aliphatic rings. The number of aromatic nitrogens is 4. The van der Waals surface area contributed by atoms with Gasteiger partial charge in [-0.25, -0.2) is 4.98 Å². The molecule has 3 heterocycles. The number of halogens is 1. The Morgan fingerprint density at radius 1 is 1.16 bits per heavy atom. The number of benzene rings is 2. The standard InChI is InChI=1S/C23H23ClN6OS/c1-15-7-8-19(30-25-9-10-26-30)17(13-15)22(31)29-12-4-11-28(14-16(29)2)23-27-21-18(24)5-3-6-20(21)32-23/h3,5-10,13,16H,4,11-12,14H2,1-2H3/t16-/m0/s1. The highest BCUT2D eigenvalue weighted by Gasteiger charge is 2.29. The third-order valence-corrected chi connectivity index (χ3v) is 7.14. The third-order valence-electron chi connectivity index (χ3n) is 5.75. The highest BCUT2D eigenvalue weighted by Crippen LogP contribution is 2.33. The number of anilines is 1. The van der Waals surface area contributed by atoms with E-state index in [0.29, 0.717) is 29.4 Å². The van der Waals surface area contributed by atoms with Gasteiger partial charge in [-0.1, -0.05) is 40.6 Å². The maximum atomic E-state index is 13.7. The van der Waals surface area contributed by atoms with Crippen molar-refractivity contribution in [3.63, 3.8) is 0 Å². The summed E-state index contributed by atoms with van der Waals surface area (Å²) in [7, 11) is 0. The lowest BCUT2D eigenvalue weighted by atomic mass is 10.1. The van der Waals surface area contributed by atoms with Crippen LogP contribution in [0.3, 0.4) is 0 Å². The number of hydrogen-bond acceptors (Lipinski definition) is 6. The van der Waals surface area contributed by atoms with Crippen molar-refractivity contribution < 1.29 is 4.79 Å². The Kier molecular flexibility index (Phi) is 5.57. The molecule has 0 saturated carbocycles.